The SMILES string of the molecule is COc1ccc(C(OC[C@H]2O[C@@H](n3ccc(=O)[nH]c3=O)[C@H](F)[C@@H]2NS(=O)(=O)NC[C@H]2O[C@@H](n3cc(C)c(=O)[nH]c3=O)C[C@@H]2O)(c2ccccc2)c2ccc(OC)cc2)cc1. The number of ether oxygens (including phenoxy) is 5. The van der Waals surface area contributed by atoms with Crippen LogP contribution in [-0.4, -0.2) is 90.5 Å². The van der Waals surface area contributed by atoms with Crippen LogP contribution < -0.4 is 41.4 Å². The zero-order valence-corrected chi connectivity index (χ0v) is 33.3. The van der Waals surface area contributed by atoms with Gasteiger partial charge in [-0.2, -0.15) is 17.9 Å². The second-order valence-corrected chi connectivity index (χ2v) is 15.8. The number of aromatic nitrogens is 4. The van der Waals surface area contributed by atoms with Crippen molar-refractivity contribution < 1.29 is 41.6 Å². The van der Waals surface area contributed by atoms with E-state index in [1.54, 1.807) is 48.5 Å². The summed E-state index contributed by atoms with van der Waals surface area (Å²) in [6.45, 7) is 0.512. The molecular weight excluding hydrogens is 808 g/mol. The molecule has 5 aromatic rings. The van der Waals surface area contributed by atoms with Crippen molar-refractivity contribution in [3.63, 3.8) is 0 Å². The van der Waals surface area contributed by atoms with Crippen molar-refractivity contribution in [2.45, 2.75) is 61.9 Å². The molecule has 7 rings (SSSR count). The number of alkyl halides is 1. The zero-order valence-electron chi connectivity index (χ0n) is 32.5. The molecule has 318 valence electrons. The number of aryl methyl sites for hydroxylation is 1. The van der Waals surface area contributed by atoms with E-state index in [4.69, 9.17) is 23.7 Å². The van der Waals surface area contributed by atoms with E-state index in [1.165, 1.54) is 27.3 Å². The Bertz CT molecular complexity index is 2590. The number of aliphatic hydroxyl groups is 1. The molecule has 2 aromatic heterocycles. The first-order chi connectivity index (χ1) is 28.7. The first-order valence-electron chi connectivity index (χ1n) is 18.7. The van der Waals surface area contributed by atoms with Crippen molar-refractivity contribution in [3.05, 3.63) is 161 Å². The second-order valence-electron chi connectivity index (χ2n) is 14.2. The van der Waals surface area contributed by atoms with Crippen LogP contribution in [0.1, 0.15) is 41.1 Å². The summed E-state index contributed by atoms with van der Waals surface area (Å²) in [6, 6.07) is 22.6. The predicted octanol–water partition coefficient (Wildman–Crippen LogP) is 1.10. The van der Waals surface area contributed by atoms with Gasteiger partial charge in [0, 0.05) is 37.0 Å². The Morgan fingerprint density at radius 1 is 0.833 bits per heavy atom. The van der Waals surface area contributed by atoms with E-state index in [2.05, 4.69) is 19.4 Å². The highest BCUT2D eigenvalue weighted by molar-refractivity contribution is 7.87. The molecule has 0 aliphatic carbocycles. The third-order valence-electron chi connectivity index (χ3n) is 10.5. The van der Waals surface area contributed by atoms with Crippen LogP contribution in [0.15, 0.2) is 117 Å². The predicted molar refractivity (Wildman–Crippen MR) is 213 cm³/mol. The summed E-state index contributed by atoms with van der Waals surface area (Å²) in [6.07, 6.45) is -6.55. The molecular formula is C40H43FN6O12S. The van der Waals surface area contributed by atoms with Crippen molar-refractivity contribution >= 4 is 10.2 Å². The van der Waals surface area contributed by atoms with Crippen LogP contribution in [0, 0.1) is 6.92 Å². The molecule has 0 unspecified atom stereocenters. The minimum absolute atomic E-state index is 0.102. The van der Waals surface area contributed by atoms with Gasteiger partial charge in [-0.25, -0.2) is 14.0 Å². The third kappa shape index (κ3) is 8.61. The van der Waals surface area contributed by atoms with Gasteiger partial charge in [-0.1, -0.05) is 54.6 Å². The van der Waals surface area contributed by atoms with Crippen LogP contribution in [-0.2, 0) is 30.0 Å². The number of aliphatic hydroxyl groups excluding tert-OH is 1. The molecule has 0 radical (unpaired) electrons. The Balaban J connectivity index is 1.20. The summed E-state index contributed by atoms with van der Waals surface area (Å²) in [5.74, 6) is 1.13. The average molecular weight is 851 g/mol. The molecule has 0 saturated carbocycles. The molecule has 2 aliphatic rings. The maximum Gasteiger partial charge on any atom is 0.330 e. The van der Waals surface area contributed by atoms with E-state index >= 15 is 4.39 Å². The van der Waals surface area contributed by atoms with Gasteiger partial charge >= 0.3 is 11.4 Å². The Labute approximate surface area is 341 Å². The Kier molecular flexibility index (Phi) is 12.3. The highest BCUT2D eigenvalue weighted by Crippen LogP contribution is 2.43. The summed E-state index contributed by atoms with van der Waals surface area (Å²) in [5.41, 5.74) is -2.42. The normalized spacial score (nSPS) is 23.1. The molecule has 0 amide bonds. The molecule has 7 atom stereocenters. The topological polar surface area (TPSA) is 234 Å². The molecule has 2 aliphatic heterocycles. The number of hydrogen-bond acceptors (Lipinski definition) is 12. The van der Waals surface area contributed by atoms with Gasteiger partial charge in [0.05, 0.1) is 39.1 Å². The third-order valence-corrected chi connectivity index (χ3v) is 11.6. The van der Waals surface area contributed by atoms with E-state index in [-0.39, 0.29) is 12.0 Å². The monoisotopic (exact) mass is 850 g/mol. The molecule has 3 aromatic carbocycles. The molecule has 0 bridgehead atoms. The molecule has 2 saturated heterocycles. The van der Waals surface area contributed by atoms with E-state index in [0.717, 1.165) is 21.4 Å². The number of halogens is 1. The maximum absolute atomic E-state index is 16.8. The lowest BCUT2D eigenvalue weighted by Crippen LogP contribution is -2.53. The van der Waals surface area contributed by atoms with Gasteiger partial charge in [-0.05, 0) is 47.9 Å². The van der Waals surface area contributed by atoms with Crippen LogP contribution in [0.5, 0.6) is 11.5 Å². The van der Waals surface area contributed by atoms with Gasteiger partial charge in [0.1, 0.15) is 29.4 Å². The molecule has 5 N–H and O–H groups in total. The van der Waals surface area contributed by atoms with Gasteiger partial charge in [0.15, 0.2) is 12.4 Å². The van der Waals surface area contributed by atoms with E-state index < -0.39 is 94.4 Å². The molecule has 0 spiro atoms. The minimum Gasteiger partial charge on any atom is -0.497 e. The fourth-order valence-electron chi connectivity index (χ4n) is 7.42. The summed E-state index contributed by atoms with van der Waals surface area (Å²) < 4.78 is 80.3. The molecule has 4 heterocycles. The van der Waals surface area contributed by atoms with Crippen molar-refractivity contribution in [1.29, 1.82) is 0 Å². The fourth-order valence-corrected chi connectivity index (χ4v) is 8.52. The lowest BCUT2D eigenvalue weighted by Gasteiger charge is -2.37. The second kappa shape index (κ2) is 17.5. The highest BCUT2D eigenvalue weighted by atomic mass is 32.2. The van der Waals surface area contributed by atoms with E-state index in [1.807, 2.05) is 30.3 Å². The van der Waals surface area contributed by atoms with Gasteiger partial charge in [0.25, 0.3) is 21.3 Å². The minimum atomic E-state index is -4.65. The fraction of sp³-hybridized carbons (Fsp3) is 0.350. The summed E-state index contributed by atoms with van der Waals surface area (Å²) >= 11 is 0. The standard InChI is InChI=1S/C40H43FN6O12S/c1-23-21-47(39(52)44-36(23)50)33-19-29(48)30(58-33)20-42-60(53,54)45-35-31(59-37(34(35)41)46-18-17-32(49)43-38(46)51)22-57-40(24-7-5-4-6-8-24,25-9-13-27(55-2)14-10-25)26-11-15-28(56-3)16-12-26/h4-18,21,29-31,33-35,37,42,45,48H,19-20,22H2,1-3H3,(H,43,49,51)(H,44,50,52)/t29-,30+,31+,33+,34+,35+,37+/m0/s1. The van der Waals surface area contributed by atoms with Crippen molar-refractivity contribution in [2.24, 2.45) is 0 Å². The molecule has 18 nitrogen and oxygen atoms in total. The van der Waals surface area contributed by atoms with Crippen LogP contribution in [0.4, 0.5) is 4.39 Å². The first-order valence-corrected chi connectivity index (χ1v) is 20.2. The van der Waals surface area contributed by atoms with E-state index in [9.17, 15) is 32.7 Å². The number of nitrogens with one attached hydrogen (secondary N) is 4. The van der Waals surface area contributed by atoms with E-state index in [0.29, 0.717) is 28.2 Å². The van der Waals surface area contributed by atoms with Gasteiger partial charge in [-0.3, -0.25) is 28.7 Å². The lowest BCUT2D eigenvalue weighted by molar-refractivity contribution is -0.0844. The molecule has 2 fully saturated rings. The van der Waals surface area contributed by atoms with Crippen molar-refractivity contribution in [2.75, 3.05) is 27.4 Å². The van der Waals surface area contributed by atoms with Crippen LogP contribution in [0.3, 0.4) is 0 Å². The number of nitrogens with zero attached hydrogens (tertiary/aromatic N) is 2. The number of methoxy groups -OCH3 is 2. The number of aromatic amines is 2. The van der Waals surface area contributed by atoms with Crippen LogP contribution in [0.2, 0.25) is 0 Å². The summed E-state index contributed by atoms with van der Waals surface area (Å²) in [4.78, 5) is 53.3. The van der Waals surface area contributed by atoms with Crippen molar-refractivity contribution in [3.8, 4) is 11.5 Å². The lowest BCUT2D eigenvalue weighted by atomic mass is 9.80. The number of rotatable bonds is 15. The summed E-state index contributed by atoms with van der Waals surface area (Å²) in [7, 11) is -1.59. The van der Waals surface area contributed by atoms with Gasteiger partial charge in [0.2, 0.25) is 0 Å². The quantitative estimate of drug-likeness (QED) is 0.0933. The maximum atomic E-state index is 16.8. The average Bonchev–Trinajstić information content (AvgIpc) is 3.76. The Morgan fingerprint density at radius 3 is 2.03 bits per heavy atom. The molecule has 60 heavy (non-hydrogen) atoms. The Hall–Kier alpha value is -5.74. The largest absolute Gasteiger partial charge is 0.497 e. The van der Waals surface area contributed by atoms with Gasteiger partial charge < -0.3 is 28.8 Å². The zero-order chi connectivity index (χ0) is 42.8. The molecule has 20 heteroatoms. The smallest absolute Gasteiger partial charge is 0.330 e. The summed E-state index contributed by atoms with van der Waals surface area (Å²) in [5, 5.41) is 10.8. The number of hydrogen-bond donors (Lipinski definition) is 5. The van der Waals surface area contributed by atoms with Crippen molar-refractivity contribution in [1.82, 2.24) is 28.5 Å². The number of H-pyrrole nitrogens is 2. The number of benzene rings is 3. The first kappa shape index (κ1) is 42.4. The van der Waals surface area contributed by atoms with Crippen LogP contribution in [0.25, 0.3) is 0 Å². The van der Waals surface area contributed by atoms with Crippen LogP contribution >= 0.6 is 0 Å². The van der Waals surface area contributed by atoms with Gasteiger partial charge in [-0.15, -0.1) is 0 Å². The Morgan fingerprint density at radius 2 is 1.43 bits per heavy atom. The highest BCUT2D eigenvalue weighted by Gasteiger charge is 2.50.